The molecule has 0 atom stereocenters. The predicted octanol–water partition coefficient (Wildman–Crippen LogP) is 1.89. The van der Waals surface area contributed by atoms with Crippen LogP contribution in [0, 0.1) is 0 Å². The van der Waals surface area contributed by atoms with E-state index in [1.807, 2.05) is 30.3 Å². The fraction of sp³-hybridized carbons (Fsp3) is 0.133. The highest BCUT2D eigenvalue weighted by atomic mass is 79.9. The summed E-state index contributed by atoms with van der Waals surface area (Å²) in [6.07, 6.45) is 0. The number of halogens is 1. The molecule has 2 amide bonds. The molecule has 0 aliphatic heterocycles. The van der Waals surface area contributed by atoms with Gasteiger partial charge in [-0.25, -0.2) is 4.98 Å². The fourth-order valence-electron chi connectivity index (χ4n) is 1.64. The zero-order chi connectivity index (χ0) is 15.1. The maximum atomic E-state index is 11.8. The molecule has 0 unspecified atom stereocenters. The molecule has 5 nitrogen and oxygen atoms in total. The number of nitrogens with zero attached hydrogens (tertiary/aromatic N) is 1. The average Bonchev–Trinajstić information content (AvgIpc) is 2.51. The van der Waals surface area contributed by atoms with Crippen LogP contribution < -0.4 is 10.6 Å². The lowest BCUT2D eigenvalue weighted by molar-refractivity contribution is -0.120. The molecule has 0 fully saturated rings. The number of nitrogens with one attached hydrogen (secondary N) is 2. The summed E-state index contributed by atoms with van der Waals surface area (Å²) in [6.45, 7) is 0.352. The monoisotopic (exact) mass is 347 g/mol. The van der Waals surface area contributed by atoms with Crippen molar-refractivity contribution in [1.82, 2.24) is 15.6 Å². The lowest BCUT2D eigenvalue weighted by Gasteiger charge is -2.07. The van der Waals surface area contributed by atoms with E-state index in [0.717, 1.165) is 5.56 Å². The number of pyridine rings is 1. The van der Waals surface area contributed by atoms with Crippen molar-refractivity contribution in [3.05, 3.63) is 64.4 Å². The second-order valence-corrected chi connectivity index (χ2v) is 5.10. The third-order valence-corrected chi connectivity index (χ3v) is 3.13. The Balaban J connectivity index is 1.77. The highest BCUT2D eigenvalue weighted by Gasteiger charge is 2.09. The Labute approximate surface area is 130 Å². The first-order valence-corrected chi connectivity index (χ1v) is 7.16. The van der Waals surface area contributed by atoms with Crippen LogP contribution >= 0.6 is 15.9 Å². The average molecular weight is 348 g/mol. The molecule has 0 saturated heterocycles. The summed E-state index contributed by atoms with van der Waals surface area (Å²) in [7, 11) is 0. The summed E-state index contributed by atoms with van der Waals surface area (Å²) in [6, 6.07) is 14.6. The molecule has 0 bridgehead atoms. The molecule has 1 aromatic carbocycles. The highest BCUT2D eigenvalue weighted by Crippen LogP contribution is 2.05. The molecule has 2 rings (SSSR count). The molecule has 108 valence electrons. The van der Waals surface area contributed by atoms with Gasteiger partial charge in [0, 0.05) is 6.54 Å². The van der Waals surface area contributed by atoms with E-state index in [4.69, 9.17) is 0 Å². The van der Waals surface area contributed by atoms with Gasteiger partial charge in [-0.2, -0.15) is 0 Å². The van der Waals surface area contributed by atoms with Gasteiger partial charge in [-0.3, -0.25) is 9.59 Å². The van der Waals surface area contributed by atoms with Crippen molar-refractivity contribution in [2.75, 3.05) is 6.54 Å². The van der Waals surface area contributed by atoms with Gasteiger partial charge in [0.25, 0.3) is 5.91 Å². The number of aromatic nitrogens is 1. The minimum Gasteiger partial charge on any atom is -0.350 e. The molecule has 0 aliphatic rings. The van der Waals surface area contributed by atoms with Gasteiger partial charge in [0.15, 0.2) is 0 Å². The van der Waals surface area contributed by atoms with Gasteiger partial charge in [0.1, 0.15) is 10.3 Å². The van der Waals surface area contributed by atoms with Crippen molar-refractivity contribution in [3.63, 3.8) is 0 Å². The van der Waals surface area contributed by atoms with E-state index >= 15 is 0 Å². The molecule has 0 spiro atoms. The standard InChI is InChI=1S/C15H14BrN3O2/c16-13-8-4-7-12(19-13)15(21)18-10-14(20)17-9-11-5-2-1-3-6-11/h1-8H,9-10H2,(H,17,20)(H,18,21). The second-order valence-electron chi connectivity index (χ2n) is 4.29. The van der Waals surface area contributed by atoms with Crippen LogP contribution in [0.2, 0.25) is 0 Å². The van der Waals surface area contributed by atoms with Crippen LogP contribution in [0.1, 0.15) is 16.1 Å². The van der Waals surface area contributed by atoms with Crippen LogP contribution in [0.5, 0.6) is 0 Å². The number of hydrogen-bond donors (Lipinski definition) is 2. The number of carbonyl (C=O) groups excluding carboxylic acids is 2. The molecule has 1 aromatic heterocycles. The smallest absolute Gasteiger partial charge is 0.270 e. The van der Waals surface area contributed by atoms with Crippen molar-refractivity contribution < 1.29 is 9.59 Å². The van der Waals surface area contributed by atoms with Crippen LogP contribution in [0.3, 0.4) is 0 Å². The van der Waals surface area contributed by atoms with Crippen molar-refractivity contribution in [3.8, 4) is 0 Å². The van der Waals surface area contributed by atoms with Gasteiger partial charge >= 0.3 is 0 Å². The quantitative estimate of drug-likeness (QED) is 0.811. The number of hydrogen-bond acceptors (Lipinski definition) is 3. The van der Waals surface area contributed by atoms with E-state index in [0.29, 0.717) is 11.1 Å². The lowest BCUT2D eigenvalue weighted by atomic mass is 10.2. The molecular weight excluding hydrogens is 334 g/mol. The van der Waals surface area contributed by atoms with Gasteiger partial charge in [0.2, 0.25) is 5.91 Å². The van der Waals surface area contributed by atoms with Gasteiger partial charge in [-0.1, -0.05) is 36.4 Å². The molecule has 0 aliphatic carbocycles. The van der Waals surface area contributed by atoms with E-state index in [1.165, 1.54) is 0 Å². The van der Waals surface area contributed by atoms with Crippen LogP contribution in [0.25, 0.3) is 0 Å². The Morgan fingerprint density at radius 2 is 1.76 bits per heavy atom. The lowest BCUT2D eigenvalue weighted by Crippen LogP contribution is -2.36. The summed E-state index contributed by atoms with van der Waals surface area (Å²) >= 11 is 3.19. The number of rotatable bonds is 5. The van der Waals surface area contributed by atoms with E-state index in [-0.39, 0.29) is 24.1 Å². The maximum Gasteiger partial charge on any atom is 0.270 e. The van der Waals surface area contributed by atoms with E-state index in [1.54, 1.807) is 18.2 Å². The number of amides is 2. The van der Waals surface area contributed by atoms with Crippen LogP contribution in [-0.4, -0.2) is 23.3 Å². The third-order valence-electron chi connectivity index (χ3n) is 2.69. The Morgan fingerprint density at radius 3 is 2.48 bits per heavy atom. The first-order valence-electron chi connectivity index (χ1n) is 6.36. The van der Waals surface area contributed by atoms with Gasteiger partial charge in [-0.05, 0) is 33.6 Å². The molecule has 2 N–H and O–H groups in total. The van der Waals surface area contributed by atoms with E-state index in [9.17, 15) is 9.59 Å². The van der Waals surface area contributed by atoms with Crippen LogP contribution in [0.15, 0.2) is 53.1 Å². The summed E-state index contributed by atoms with van der Waals surface area (Å²) in [4.78, 5) is 27.5. The van der Waals surface area contributed by atoms with Crippen LogP contribution in [-0.2, 0) is 11.3 Å². The number of carbonyl (C=O) groups is 2. The highest BCUT2D eigenvalue weighted by molar-refractivity contribution is 9.10. The van der Waals surface area contributed by atoms with Crippen molar-refractivity contribution in [2.45, 2.75) is 6.54 Å². The van der Waals surface area contributed by atoms with Crippen molar-refractivity contribution >= 4 is 27.7 Å². The minimum absolute atomic E-state index is 0.0835. The Kier molecular flexibility index (Phi) is 5.45. The second kappa shape index (κ2) is 7.54. The Hall–Kier alpha value is -2.21. The van der Waals surface area contributed by atoms with Gasteiger partial charge in [-0.15, -0.1) is 0 Å². The SMILES string of the molecule is O=C(CNC(=O)c1cccc(Br)n1)NCc1ccccc1. The fourth-order valence-corrected chi connectivity index (χ4v) is 1.99. The first kappa shape index (κ1) is 15.2. The summed E-state index contributed by atoms with van der Waals surface area (Å²) < 4.78 is 0.573. The molecule has 6 heteroatoms. The number of benzene rings is 1. The topological polar surface area (TPSA) is 71.1 Å². The molecular formula is C15H14BrN3O2. The van der Waals surface area contributed by atoms with Crippen LogP contribution in [0.4, 0.5) is 0 Å². The van der Waals surface area contributed by atoms with Gasteiger partial charge < -0.3 is 10.6 Å². The normalized spacial score (nSPS) is 9.95. The first-order chi connectivity index (χ1) is 10.1. The van der Waals surface area contributed by atoms with Crippen molar-refractivity contribution in [2.24, 2.45) is 0 Å². The largest absolute Gasteiger partial charge is 0.350 e. The predicted molar refractivity (Wildman–Crippen MR) is 82.6 cm³/mol. The zero-order valence-corrected chi connectivity index (χ0v) is 12.8. The minimum atomic E-state index is -0.383. The Bertz CT molecular complexity index is 632. The van der Waals surface area contributed by atoms with Crippen molar-refractivity contribution in [1.29, 1.82) is 0 Å². The molecule has 1 heterocycles. The van der Waals surface area contributed by atoms with Gasteiger partial charge in [0.05, 0.1) is 6.54 Å². The third kappa shape index (κ3) is 5.00. The summed E-state index contributed by atoms with van der Waals surface area (Å²) in [5, 5.41) is 5.26. The Morgan fingerprint density at radius 1 is 1.00 bits per heavy atom. The van der Waals surface area contributed by atoms with E-state index in [2.05, 4.69) is 31.5 Å². The molecule has 0 radical (unpaired) electrons. The summed E-state index contributed by atoms with van der Waals surface area (Å²) in [5.74, 6) is -0.631. The summed E-state index contributed by atoms with van der Waals surface area (Å²) in [5.41, 5.74) is 1.27. The molecule has 2 aromatic rings. The maximum absolute atomic E-state index is 11.8. The zero-order valence-electron chi connectivity index (χ0n) is 11.2. The molecule has 21 heavy (non-hydrogen) atoms. The van der Waals surface area contributed by atoms with E-state index < -0.39 is 0 Å². The molecule has 0 saturated carbocycles.